The van der Waals surface area contributed by atoms with E-state index in [1.807, 2.05) is 25.1 Å². The van der Waals surface area contributed by atoms with Crippen molar-refractivity contribution >= 4 is 0 Å². The predicted molar refractivity (Wildman–Crippen MR) is 46.3 cm³/mol. The molecule has 0 aromatic heterocycles. The van der Waals surface area contributed by atoms with Gasteiger partial charge in [-0.2, -0.15) is 0 Å². The first-order chi connectivity index (χ1) is 5.79. The van der Waals surface area contributed by atoms with Gasteiger partial charge >= 0.3 is 0 Å². The van der Waals surface area contributed by atoms with Crippen LogP contribution in [0.1, 0.15) is 23.7 Å². The van der Waals surface area contributed by atoms with Crippen molar-refractivity contribution in [3.63, 3.8) is 0 Å². The molecule has 0 unspecified atom stereocenters. The first-order valence-electron chi connectivity index (χ1n) is 4.19. The fourth-order valence-corrected chi connectivity index (χ4v) is 1.63. The summed E-state index contributed by atoms with van der Waals surface area (Å²) in [5.74, 6) is 0.841. The van der Waals surface area contributed by atoms with Crippen LogP contribution < -0.4 is 4.74 Å². The van der Waals surface area contributed by atoms with E-state index in [2.05, 4.69) is 0 Å². The molecule has 2 heteroatoms. The van der Waals surface area contributed by atoms with Crippen LogP contribution in [0.5, 0.6) is 5.75 Å². The summed E-state index contributed by atoms with van der Waals surface area (Å²) in [6, 6.07) is 5.85. The van der Waals surface area contributed by atoms with Crippen LogP contribution in [-0.4, -0.2) is 11.7 Å². The first-order valence-corrected chi connectivity index (χ1v) is 4.19. The summed E-state index contributed by atoms with van der Waals surface area (Å²) < 4.78 is 5.41. The fourth-order valence-electron chi connectivity index (χ4n) is 1.63. The fraction of sp³-hybridized carbons (Fsp3) is 0.400. The molecule has 1 aromatic carbocycles. The molecule has 0 saturated carbocycles. The van der Waals surface area contributed by atoms with Gasteiger partial charge in [0.1, 0.15) is 5.75 Å². The Labute approximate surface area is 71.8 Å². The van der Waals surface area contributed by atoms with E-state index in [9.17, 15) is 5.11 Å². The van der Waals surface area contributed by atoms with E-state index in [1.54, 1.807) is 0 Å². The monoisotopic (exact) mass is 164 g/mol. The number of aliphatic hydroxyl groups excluding tert-OH is 1. The van der Waals surface area contributed by atoms with Gasteiger partial charge < -0.3 is 9.84 Å². The van der Waals surface area contributed by atoms with Gasteiger partial charge in [-0.3, -0.25) is 0 Å². The molecule has 0 bridgehead atoms. The lowest BCUT2D eigenvalue weighted by atomic mass is 9.98. The molecule has 1 aliphatic rings. The van der Waals surface area contributed by atoms with Gasteiger partial charge in [-0.25, -0.2) is 0 Å². The van der Waals surface area contributed by atoms with Crippen LogP contribution in [0, 0.1) is 6.92 Å². The van der Waals surface area contributed by atoms with E-state index >= 15 is 0 Å². The number of ether oxygens (including phenoxy) is 1. The van der Waals surface area contributed by atoms with E-state index in [1.165, 1.54) is 0 Å². The molecule has 0 amide bonds. The summed E-state index contributed by atoms with van der Waals surface area (Å²) in [6.45, 7) is 2.62. The van der Waals surface area contributed by atoms with Gasteiger partial charge in [0.05, 0.1) is 12.7 Å². The topological polar surface area (TPSA) is 29.5 Å². The summed E-state index contributed by atoms with van der Waals surface area (Å²) >= 11 is 0. The Morgan fingerprint density at radius 3 is 3.08 bits per heavy atom. The molecule has 0 saturated heterocycles. The Bertz CT molecular complexity index is 294. The zero-order valence-corrected chi connectivity index (χ0v) is 7.08. The Morgan fingerprint density at radius 1 is 1.50 bits per heavy atom. The lowest BCUT2D eigenvalue weighted by Gasteiger charge is -2.23. The third-order valence-electron chi connectivity index (χ3n) is 2.27. The predicted octanol–water partition coefficient (Wildman–Crippen LogP) is 1.81. The average molecular weight is 164 g/mol. The largest absolute Gasteiger partial charge is 0.493 e. The van der Waals surface area contributed by atoms with Crippen LogP contribution in [0.4, 0.5) is 0 Å². The van der Waals surface area contributed by atoms with Gasteiger partial charge in [-0.05, 0) is 18.6 Å². The van der Waals surface area contributed by atoms with Crippen LogP contribution in [0.15, 0.2) is 18.2 Å². The standard InChI is InChI=1S/C10H12O2/c1-7-3-2-4-9-10(7)8(11)5-6-12-9/h2-4,8,11H,5-6H2,1H3/t8-/m0/s1. The Hall–Kier alpha value is -1.02. The highest BCUT2D eigenvalue weighted by Crippen LogP contribution is 2.33. The lowest BCUT2D eigenvalue weighted by Crippen LogP contribution is -2.14. The maximum Gasteiger partial charge on any atom is 0.125 e. The highest BCUT2D eigenvalue weighted by Gasteiger charge is 2.20. The molecule has 2 rings (SSSR count). The Morgan fingerprint density at radius 2 is 2.33 bits per heavy atom. The molecule has 0 radical (unpaired) electrons. The zero-order chi connectivity index (χ0) is 8.55. The number of fused-ring (bicyclic) bond motifs is 1. The van der Waals surface area contributed by atoms with Gasteiger partial charge in [0.25, 0.3) is 0 Å². The summed E-state index contributed by atoms with van der Waals surface area (Å²) in [6.07, 6.45) is 0.368. The normalized spacial score (nSPS) is 21.3. The maximum atomic E-state index is 9.66. The van der Waals surface area contributed by atoms with E-state index < -0.39 is 0 Å². The van der Waals surface area contributed by atoms with Gasteiger partial charge in [-0.15, -0.1) is 0 Å². The molecule has 0 spiro atoms. The third-order valence-corrected chi connectivity index (χ3v) is 2.27. The van der Waals surface area contributed by atoms with Crippen molar-refractivity contribution in [1.82, 2.24) is 0 Å². The lowest BCUT2D eigenvalue weighted by molar-refractivity contribution is 0.114. The maximum absolute atomic E-state index is 9.66. The van der Waals surface area contributed by atoms with Crippen molar-refractivity contribution in [2.75, 3.05) is 6.61 Å². The minimum atomic E-state index is -0.338. The number of hydrogen-bond donors (Lipinski definition) is 1. The van der Waals surface area contributed by atoms with Crippen molar-refractivity contribution < 1.29 is 9.84 Å². The second-order valence-corrected chi connectivity index (χ2v) is 3.14. The molecule has 0 fully saturated rings. The minimum absolute atomic E-state index is 0.338. The Balaban J connectivity index is 2.53. The summed E-state index contributed by atoms with van der Waals surface area (Å²) in [5.41, 5.74) is 2.07. The zero-order valence-electron chi connectivity index (χ0n) is 7.08. The first kappa shape index (κ1) is 7.62. The van der Waals surface area contributed by atoms with Gasteiger partial charge in [0, 0.05) is 12.0 Å². The van der Waals surface area contributed by atoms with Crippen molar-refractivity contribution in [3.8, 4) is 5.75 Å². The molecule has 1 heterocycles. The summed E-state index contributed by atoms with van der Waals surface area (Å²) in [7, 11) is 0. The quantitative estimate of drug-likeness (QED) is 0.633. The van der Waals surface area contributed by atoms with Crippen LogP contribution >= 0.6 is 0 Å². The van der Waals surface area contributed by atoms with Crippen LogP contribution in [0.25, 0.3) is 0 Å². The van der Waals surface area contributed by atoms with Gasteiger partial charge in [0.15, 0.2) is 0 Å². The van der Waals surface area contributed by atoms with Crippen molar-refractivity contribution in [3.05, 3.63) is 29.3 Å². The number of benzene rings is 1. The van der Waals surface area contributed by atoms with E-state index in [4.69, 9.17) is 4.74 Å². The molecule has 0 aliphatic carbocycles. The van der Waals surface area contributed by atoms with Crippen LogP contribution in [0.2, 0.25) is 0 Å². The second-order valence-electron chi connectivity index (χ2n) is 3.14. The highest BCUT2D eigenvalue weighted by molar-refractivity contribution is 5.42. The van der Waals surface area contributed by atoms with Crippen molar-refractivity contribution in [2.24, 2.45) is 0 Å². The minimum Gasteiger partial charge on any atom is -0.493 e. The summed E-state index contributed by atoms with van der Waals surface area (Å²) in [4.78, 5) is 0. The molecule has 1 atom stereocenters. The van der Waals surface area contributed by atoms with E-state index in [0.717, 1.165) is 16.9 Å². The molecular weight excluding hydrogens is 152 g/mol. The molecule has 1 aromatic rings. The van der Waals surface area contributed by atoms with Crippen molar-refractivity contribution in [2.45, 2.75) is 19.4 Å². The molecule has 12 heavy (non-hydrogen) atoms. The molecule has 2 nitrogen and oxygen atoms in total. The van der Waals surface area contributed by atoms with Gasteiger partial charge in [-0.1, -0.05) is 12.1 Å². The Kier molecular flexibility index (Phi) is 1.77. The molecule has 64 valence electrons. The third kappa shape index (κ3) is 1.08. The molecular formula is C10H12O2. The van der Waals surface area contributed by atoms with Crippen LogP contribution in [0.3, 0.4) is 0 Å². The van der Waals surface area contributed by atoms with Crippen molar-refractivity contribution in [1.29, 1.82) is 0 Å². The average Bonchev–Trinajstić information content (AvgIpc) is 2.04. The smallest absolute Gasteiger partial charge is 0.125 e. The number of aliphatic hydroxyl groups is 1. The number of aryl methyl sites for hydroxylation is 1. The molecule has 1 N–H and O–H groups in total. The van der Waals surface area contributed by atoms with Gasteiger partial charge in [0.2, 0.25) is 0 Å². The van der Waals surface area contributed by atoms with E-state index in [0.29, 0.717) is 13.0 Å². The summed E-state index contributed by atoms with van der Waals surface area (Å²) in [5, 5.41) is 9.66. The van der Waals surface area contributed by atoms with E-state index in [-0.39, 0.29) is 6.10 Å². The highest BCUT2D eigenvalue weighted by atomic mass is 16.5. The second kappa shape index (κ2) is 2.79. The van der Waals surface area contributed by atoms with Crippen LogP contribution in [-0.2, 0) is 0 Å². The SMILES string of the molecule is Cc1cccc2c1[C@@H](O)CCO2. The number of rotatable bonds is 0. The number of hydrogen-bond acceptors (Lipinski definition) is 2. The molecule has 1 aliphatic heterocycles.